The first-order valence-corrected chi connectivity index (χ1v) is 37.1. The van der Waals surface area contributed by atoms with Gasteiger partial charge in [-0.25, -0.2) is 9.36 Å². The third-order valence-corrected chi connectivity index (χ3v) is 18.9. The van der Waals surface area contributed by atoms with Gasteiger partial charge in [0.2, 0.25) is 11.6 Å². The first kappa shape index (κ1) is 77.6. The normalized spacial score (nSPS) is 15.5. The molecule has 0 saturated heterocycles. The number of hydrogen-bond acceptors (Lipinski definition) is 11. The number of ether oxygens (including phenoxy) is 3. The van der Waals surface area contributed by atoms with E-state index in [0.29, 0.717) is 25.7 Å². The van der Waals surface area contributed by atoms with Crippen molar-refractivity contribution in [2.24, 2.45) is 0 Å². The van der Waals surface area contributed by atoms with Gasteiger partial charge in [-0.05, 0) is 57.2 Å². The summed E-state index contributed by atoms with van der Waals surface area (Å²) < 4.78 is 41.8. The van der Waals surface area contributed by atoms with Crippen LogP contribution in [0.2, 0.25) is 0 Å². The number of nitrogens with zero attached hydrogens (tertiary/aromatic N) is 2. The molecule has 2 heterocycles. The van der Waals surface area contributed by atoms with Crippen LogP contribution in [0.5, 0.6) is 0 Å². The summed E-state index contributed by atoms with van der Waals surface area (Å²) in [4.78, 5) is 63.8. The fourth-order valence-electron chi connectivity index (χ4n) is 12.5. The molecule has 90 heavy (non-hydrogen) atoms. The van der Waals surface area contributed by atoms with Crippen LogP contribution in [-0.2, 0) is 53.0 Å². The Morgan fingerprint density at radius 2 is 1.03 bits per heavy atom. The number of alkyl carbamates (subject to hydrolysis) is 1. The number of phosphoric ester groups is 1. The lowest BCUT2D eigenvalue weighted by molar-refractivity contribution is -0.401. The summed E-state index contributed by atoms with van der Waals surface area (Å²) >= 11 is 0. The van der Waals surface area contributed by atoms with E-state index in [1.165, 1.54) is 175 Å². The first-order chi connectivity index (χ1) is 43.5. The number of benzene rings is 2. The Bertz CT molecular complexity index is 2510. The number of para-hydroxylation sites is 2. The number of unbranched alkanes of at least 4 members (excludes halogenated alkanes) is 30. The Labute approximate surface area is 544 Å². The summed E-state index contributed by atoms with van der Waals surface area (Å²) in [5, 5.41) is 5.27. The van der Waals surface area contributed by atoms with E-state index >= 15 is 0 Å². The summed E-state index contributed by atoms with van der Waals surface area (Å²) in [6, 6.07) is 17.2. The molecular formula is C74H122N4O11P+. The average Bonchev–Trinajstić information content (AvgIpc) is 1.62. The van der Waals surface area contributed by atoms with Crippen molar-refractivity contribution in [3.63, 3.8) is 0 Å². The van der Waals surface area contributed by atoms with Crippen molar-refractivity contribution in [3.05, 3.63) is 83.6 Å². The molecule has 0 spiro atoms. The molecule has 0 aliphatic carbocycles. The maximum atomic E-state index is 13.0. The fourth-order valence-corrected chi connectivity index (χ4v) is 13.3. The standard InChI is InChI=1S/C74H121N4O11P/c1-8-10-12-14-16-18-20-22-24-26-28-30-32-34-38-53-70(80)86-60-62(89-71(81)54-39-35-33-31-29-27-25-23-21-19-17-15-13-11-9-2)61-88-90(83,84)87-59-56-76-72(82)85-58-55-75-69(79)52-37-36-44-57-78-66-49-43-41-47-64(66)74(5,6)68(78)51-45-50-67-73(3,4)63-46-40-42-48-65(63)77(67)7/h40-43,45-51,62H,8-39,44,52-61H2,1-7H3,(H2-,75,76,79,82,83,84)/p+1/t62-/m1/s1. The third-order valence-electron chi connectivity index (χ3n) is 17.9. The van der Waals surface area contributed by atoms with Crippen molar-refractivity contribution in [1.29, 1.82) is 0 Å². The molecule has 2 aliphatic rings. The van der Waals surface area contributed by atoms with E-state index in [0.717, 1.165) is 57.9 Å². The lowest BCUT2D eigenvalue weighted by atomic mass is 9.81. The van der Waals surface area contributed by atoms with E-state index < -0.39 is 38.6 Å². The Kier molecular flexibility index (Phi) is 39.2. The highest BCUT2D eigenvalue weighted by Gasteiger charge is 2.43. The maximum absolute atomic E-state index is 13.0. The summed E-state index contributed by atoms with van der Waals surface area (Å²) in [6.45, 7) is 13.1. The quantitative estimate of drug-likeness (QED) is 0.0188. The third kappa shape index (κ3) is 30.7. The van der Waals surface area contributed by atoms with Gasteiger partial charge in [0.05, 0.1) is 25.2 Å². The minimum absolute atomic E-state index is 0.0721. The molecule has 0 bridgehead atoms. The van der Waals surface area contributed by atoms with Gasteiger partial charge in [0.15, 0.2) is 11.8 Å². The zero-order valence-corrected chi connectivity index (χ0v) is 58.1. The highest BCUT2D eigenvalue weighted by atomic mass is 31.2. The number of esters is 2. The van der Waals surface area contributed by atoms with Crippen LogP contribution in [-0.4, -0.2) is 98.3 Å². The second kappa shape index (κ2) is 45.5. The predicted octanol–water partition coefficient (Wildman–Crippen LogP) is 18.4. The minimum atomic E-state index is -4.68. The van der Waals surface area contributed by atoms with Gasteiger partial charge in [-0.3, -0.25) is 23.4 Å². The van der Waals surface area contributed by atoms with Crippen LogP contribution >= 0.6 is 7.82 Å². The van der Waals surface area contributed by atoms with Crippen molar-refractivity contribution in [2.75, 3.05) is 58.0 Å². The van der Waals surface area contributed by atoms with Crippen LogP contribution in [0.3, 0.4) is 0 Å². The lowest BCUT2D eigenvalue weighted by Gasteiger charge is -2.27. The number of rotatable bonds is 53. The van der Waals surface area contributed by atoms with Crippen LogP contribution in [0.15, 0.2) is 72.5 Å². The molecule has 2 aromatic rings. The van der Waals surface area contributed by atoms with E-state index in [9.17, 15) is 28.6 Å². The van der Waals surface area contributed by atoms with E-state index in [1.807, 2.05) is 0 Å². The van der Waals surface area contributed by atoms with Gasteiger partial charge in [0, 0.05) is 66.9 Å². The maximum Gasteiger partial charge on any atom is 0.472 e. The Morgan fingerprint density at radius 1 is 0.556 bits per heavy atom. The van der Waals surface area contributed by atoms with E-state index in [1.54, 1.807) is 0 Å². The monoisotopic (exact) mass is 1270 g/mol. The van der Waals surface area contributed by atoms with Crippen LogP contribution in [0.1, 0.15) is 284 Å². The Balaban J connectivity index is 1.09. The average molecular weight is 1270 g/mol. The minimum Gasteiger partial charge on any atom is -0.462 e. The summed E-state index contributed by atoms with van der Waals surface area (Å²) in [5.41, 5.74) is 7.28. The Hall–Kier alpha value is -4.82. The van der Waals surface area contributed by atoms with Crippen molar-refractivity contribution < 1.29 is 56.5 Å². The second-order valence-corrected chi connectivity index (χ2v) is 27.8. The molecule has 0 fully saturated rings. The predicted molar refractivity (Wildman–Crippen MR) is 367 cm³/mol. The van der Waals surface area contributed by atoms with E-state index in [-0.39, 0.29) is 62.5 Å². The number of amides is 2. The summed E-state index contributed by atoms with van der Waals surface area (Å²) in [5.74, 6) is -1.06. The summed E-state index contributed by atoms with van der Waals surface area (Å²) in [6.07, 6.45) is 44.5. The molecule has 2 atom stereocenters. The fraction of sp³-hybridized carbons (Fsp3) is 0.716. The zero-order valence-electron chi connectivity index (χ0n) is 57.2. The number of phosphoric acid groups is 1. The molecule has 508 valence electrons. The van der Waals surface area contributed by atoms with Crippen LogP contribution in [0.25, 0.3) is 0 Å². The highest BCUT2D eigenvalue weighted by Crippen LogP contribution is 2.48. The number of hydrogen-bond donors (Lipinski definition) is 3. The van der Waals surface area contributed by atoms with Gasteiger partial charge in [0.25, 0.3) is 0 Å². The Morgan fingerprint density at radius 3 is 1.59 bits per heavy atom. The van der Waals surface area contributed by atoms with Crippen molar-refractivity contribution in [2.45, 2.75) is 290 Å². The molecule has 2 aliphatic heterocycles. The zero-order chi connectivity index (χ0) is 65.1. The van der Waals surface area contributed by atoms with Gasteiger partial charge in [-0.1, -0.05) is 256 Å². The molecule has 1 unspecified atom stereocenters. The molecule has 3 N–H and O–H groups in total. The molecule has 0 aromatic heterocycles. The van der Waals surface area contributed by atoms with Gasteiger partial charge in [0.1, 0.15) is 20.3 Å². The first-order valence-electron chi connectivity index (χ1n) is 35.6. The van der Waals surface area contributed by atoms with E-state index in [4.69, 9.17) is 23.3 Å². The lowest BCUT2D eigenvalue weighted by Crippen LogP contribution is -2.32. The molecule has 15 nitrogen and oxygen atoms in total. The molecular weight excluding hydrogens is 1150 g/mol. The van der Waals surface area contributed by atoms with Crippen LogP contribution < -0.4 is 15.5 Å². The topological polar surface area (TPSA) is 182 Å². The van der Waals surface area contributed by atoms with Gasteiger partial charge >= 0.3 is 25.9 Å². The van der Waals surface area contributed by atoms with Crippen molar-refractivity contribution in [3.8, 4) is 0 Å². The molecule has 4 rings (SSSR count). The molecule has 16 heteroatoms. The largest absolute Gasteiger partial charge is 0.472 e. The van der Waals surface area contributed by atoms with Crippen LogP contribution in [0.4, 0.5) is 16.2 Å². The van der Waals surface area contributed by atoms with Crippen molar-refractivity contribution in [1.82, 2.24) is 10.6 Å². The molecule has 2 amide bonds. The number of carbonyl (C=O) groups excluding carboxylic acids is 4. The molecule has 0 saturated carbocycles. The SMILES string of the molecule is CCCCCCCCCCCCCCCCCC(=O)OC[C@H](COP(=O)(O)OCCNC(=O)OCCNC(=O)CCCCCN1C(=CC=CC2=[N+](C)c3ccccc3C2(C)C)C(C)(C)c2ccccc21)OC(=O)CCCCCCCCCCCCCCCCC. The molecule has 2 aromatic carbocycles. The van der Waals surface area contributed by atoms with Gasteiger partial charge in [-0.2, -0.15) is 4.58 Å². The molecule has 0 radical (unpaired) electrons. The number of allylic oxidation sites excluding steroid dienone is 4. The highest BCUT2D eigenvalue weighted by molar-refractivity contribution is 7.47. The van der Waals surface area contributed by atoms with Crippen molar-refractivity contribution >= 4 is 48.8 Å². The van der Waals surface area contributed by atoms with Gasteiger partial charge in [-0.15, -0.1) is 0 Å². The number of carbonyl (C=O) groups is 4. The number of anilines is 1. The number of fused-ring (bicyclic) bond motifs is 2. The van der Waals surface area contributed by atoms with E-state index in [2.05, 4.69) is 135 Å². The van der Waals surface area contributed by atoms with Gasteiger partial charge < -0.3 is 34.6 Å². The summed E-state index contributed by atoms with van der Waals surface area (Å²) in [7, 11) is -2.54. The van der Waals surface area contributed by atoms with Crippen LogP contribution in [0, 0.1) is 0 Å². The second-order valence-electron chi connectivity index (χ2n) is 26.3. The number of nitrogens with one attached hydrogen (secondary N) is 2. The smallest absolute Gasteiger partial charge is 0.462 e.